The average Bonchev–Trinajstić information content (AvgIpc) is 3.62. The maximum absolute atomic E-state index is 13.9. The molecule has 1 saturated heterocycles. The summed E-state index contributed by atoms with van der Waals surface area (Å²) in [5.74, 6) is 0.437. The van der Waals surface area contributed by atoms with Crippen LogP contribution in [0.1, 0.15) is 55.0 Å². The third-order valence-corrected chi connectivity index (χ3v) is 7.33. The lowest BCUT2D eigenvalue weighted by molar-refractivity contribution is -0.137. The number of aromatic amines is 1. The quantitative estimate of drug-likeness (QED) is 0.298. The van der Waals surface area contributed by atoms with Gasteiger partial charge in [0, 0.05) is 37.3 Å². The molecule has 0 aliphatic carbocycles. The Morgan fingerprint density at radius 2 is 1.95 bits per heavy atom. The Bertz CT molecular complexity index is 1450. The van der Waals surface area contributed by atoms with Crippen LogP contribution in [0.15, 0.2) is 61.1 Å². The van der Waals surface area contributed by atoms with Crippen LogP contribution in [0, 0.1) is 5.41 Å². The van der Waals surface area contributed by atoms with Crippen molar-refractivity contribution in [3.63, 3.8) is 0 Å². The fourth-order valence-electron chi connectivity index (χ4n) is 5.41. The number of hydrogen-bond donors (Lipinski definition) is 2. The predicted molar refractivity (Wildman–Crippen MR) is 147 cm³/mol. The number of nitrogens with one attached hydrogen (secondary N) is 2. The Kier molecular flexibility index (Phi) is 8.20. The lowest BCUT2D eigenvalue weighted by atomic mass is 9.84. The van der Waals surface area contributed by atoms with Gasteiger partial charge in [-0.05, 0) is 55.5 Å². The molecule has 3 aromatic heterocycles. The molecule has 0 bridgehead atoms. The standard InChI is InChI=1S/C29H33F3N8O/c1-28(2)12-7-14-39(18-28)15-11-20(16-25-34-19-35-37-25)36-27(41)23-17-24(40(38-23)26-10-5-6-13-33-26)21-8-3-4-9-22(21)29(30,31)32/h3-6,8-10,13,17,19-20H,7,11-12,14-16,18H2,1-2H3,(H,36,41)(H,34,35,37)/t20-/m0/s1. The number of carbonyl (C=O) groups excluding carboxylic acids is 1. The number of alkyl halides is 3. The van der Waals surface area contributed by atoms with Crippen LogP contribution >= 0.6 is 0 Å². The molecule has 4 aromatic rings. The first kappa shape index (κ1) is 28.5. The Balaban J connectivity index is 1.43. The summed E-state index contributed by atoms with van der Waals surface area (Å²) in [5, 5.41) is 14.2. The Morgan fingerprint density at radius 1 is 1.15 bits per heavy atom. The van der Waals surface area contributed by atoms with Gasteiger partial charge in [-0.2, -0.15) is 23.4 Å². The van der Waals surface area contributed by atoms with Crippen LogP contribution in [-0.2, 0) is 12.6 Å². The van der Waals surface area contributed by atoms with Gasteiger partial charge in [0.1, 0.15) is 12.2 Å². The molecule has 5 rings (SSSR count). The topological polar surface area (TPSA) is 105 Å². The van der Waals surface area contributed by atoms with E-state index in [0.717, 1.165) is 32.1 Å². The molecule has 1 fully saturated rings. The monoisotopic (exact) mass is 566 g/mol. The second kappa shape index (κ2) is 11.8. The fourth-order valence-corrected chi connectivity index (χ4v) is 5.41. The molecule has 0 radical (unpaired) electrons. The Labute approximate surface area is 236 Å². The zero-order valence-corrected chi connectivity index (χ0v) is 23.0. The number of likely N-dealkylation sites (tertiary alicyclic amines) is 1. The van der Waals surface area contributed by atoms with E-state index in [-0.39, 0.29) is 28.4 Å². The molecule has 12 heteroatoms. The van der Waals surface area contributed by atoms with E-state index in [2.05, 4.69) is 49.3 Å². The highest BCUT2D eigenvalue weighted by molar-refractivity contribution is 5.94. The van der Waals surface area contributed by atoms with Gasteiger partial charge in [0.25, 0.3) is 5.91 Å². The fraction of sp³-hybridized carbons (Fsp3) is 0.414. The van der Waals surface area contributed by atoms with Crippen molar-refractivity contribution in [2.24, 2.45) is 5.41 Å². The van der Waals surface area contributed by atoms with E-state index in [1.165, 1.54) is 47.9 Å². The van der Waals surface area contributed by atoms with Gasteiger partial charge in [0.15, 0.2) is 11.5 Å². The minimum Gasteiger partial charge on any atom is -0.347 e. The number of rotatable bonds is 9. The highest BCUT2D eigenvalue weighted by atomic mass is 19.4. The molecule has 9 nitrogen and oxygen atoms in total. The summed E-state index contributed by atoms with van der Waals surface area (Å²) in [6.45, 7) is 7.29. The van der Waals surface area contributed by atoms with Gasteiger partial charge in [-0.25, -0.2) is 14.6 Å². The number of halogens is 3. The molecular weight excluding hydrogens is 533 g/mol. The second-order valence-corrected chi connectivity index (χ2v) is 11.2. The summed E-state index contributed by atoms with van der Waals surface area (Å²) >= 11 is 0. The number of hydrogen-bond acceptors (Lipinski definition) is 6. The van der Waals surface area contributed by atoms with Crippen molar-refractivity contribution in [2.75, 3.05) is 19.6 Å². The molecular formula is C29H33F3N8O. The number of pyridine rings is 1. The van der Waals surface area contributed by atoms with Crippen LogP contribution in [0.4, 0.5) is 13.2 Å². The van der Waals surface area contributed by atoms with E-state index in [1.54, 1.807) is 18.2 Å². The molecule has 1 atom stereocenters. The number of nitrogens with zero attached hydrogens (tertiary/aromatic N) is 6. The van der Waals surface area contributed by atoms with Crippen molar-refractivity contribution >= 4 is 5.91 Å². The molecule has 4 heterocycles. The lowest BCUT2D eigenvalue weighted by Crippen LogP contribution is -2.44. The summed E-state index contributed by atoms with van der Waals surface area (Å²) in [6, 6.07) is 11.3. The van der Waals surface area contributed by atoms with E-state index in [1.807, 2.05) is 0 Å². The second-order valence-electron chi connectivity index (χ2n) is 11.2. The third kappa shape index (κ3) is 6.99. The van der Waals surface area contributed by atoms with Crippen LogP contribution < -0.4 is 5.32 Å². The van der Waals surface area contributed by atoms with Gasteiger partial charge >= 0.3 is 6.18 Å². The van der Waals surface area contributed by atoms with Gasteiger partial charge in [-0.15, -0.1) is 0 Å². The molecule has 0 unspecified atom stereocenters. The lowest BCUT2D eigenvalue weighted by Gasteiger charge is -2.38. The van der Waals surface area contributed by atoms with Crippen LogP contribution in [0.25, 0.3) is 17.1 Å². The zero-order valence-electron chi connectivity index (χ0n) is 23.0. The van der Waals surface area contributed by atoms with Crippen molar-refractivity contribution in [2.45, 2.75) is 51.7 Å². The highest BCUT2D eigenvalue weighted by Crippen LogP contribution is 2.37. The van der Waals surface area contributed by atoms with Gasteiger partial charge < -0.3 is 10.2 Å². The van der Waals surface area contributed by atoms with Crippen molar-refractivity contribution in [1.82, 2.24) is 40.2 Å². The first-order chi connectivity index (χ1) is 19.6. The summed E-state index contributed by atoms with van der Waals surface area (Å²) in [5.41, 5.74) is -0.572. The summed E-state index contributed by atoms with van der Waals surface area (Å²) < 4.78 is 43.1. The van der Waals surface area contributed by atoms with Crippen molar-refractivity contribution in [3.8, 4) is 17.1 Å². The van der Waals surface area contributed by atoms with Gasteiger partial charge in [-0.3, -0.25) is 9.89 Å². The Morgan fingerprint density at radius 3 is 2.66 bits per heavy atom. The molecule has 1 aromatic carbocycles. The smallest absolute Gasteiger partial charge is 0.347 e. The SMILES string of the molecule is CC1(C)CCCN(CC[C@@H](Cc2ncn[nH]2)NC(=O)c2cc(-c3ccccc3C(F)(F)F)n(-c3ccccn3)n2)C1. The van der Waals surface area contributed by atoms with Crippen molar-refractivity contribution in [1.29, 1.82) is 0 Å². The number of aromatic nitrogens is 6. The van der Waals surface area contributed by atoms with Crippen LogP contribution in [0.2, 0.25) is 0 Å². The molecule has 0 spiro atoms. The maximum Gasteiger partial charge on any atom is 0.417 e. The van der Waals surface area contributed by atoms with Gasteiger partial charge in [0.05, 0.1) is 11.3 Å². The number of piperidine rings is 1. The molecule has 1 amide bonds. The Hall–Kier alpha value is -4.06. The number of carbonyl (C=O) groups is 1. The largest absolute Gasteiger partial charge is 0.417 e. The van der Waals surface area contributed by atoms with Gasteiger partial charge in [-0.1, -0.05) is 38.1 Å². The highest BCUT2D eigenvalue weighted by Gasteiger charge is 2.35. The number of H-pyrrole nitrogens is 1. The molecule has 1 aliphatic heterocycles. The first-order valence-corrected chi connectivity index (χ1v) is 13.6. The van der Waals surface area contributed by atoms with E-state index in [4.69, 9.17) is 0 Å². The molecule has 1 aliphatic rings. The van der Waals surface area contributed by atoms with Crippen LogP contribution in [0.3, 0.4) is 0 Å². The average molecular weight is 567 g/mol. The minimum absolute atomic E-state index is 0.00990. The van der Waals surface area contributed by atoms with Crippen molar-refractivity contribution in [3.05, 3.63) is 78.1 Å². The molecule has 216 valence electrons. The van der Waals surface area contributed by atoms with E-state index in [0.29, 0.717) is 24.5 Å². The normalized spacial score (nSPS) is 16.4. The maximum atomic E-state index is 13.9. The summed E-state index contributed by atoms with van der Waals surface area (Å²) in [6.07, 6.45) is 1.73. The zero-order chi connectivity index (χ0) is 29.0. The number of benzene rings is 1. The molecule has 2 N–H and O–H groups in total. The molecule has 41 heavy (non-hydrogen) atoms. The third-order valence-electron chi connectivity index (χ3n) is 7.33. The molecule has 0 saturated carbocycles. The summed E-state index contributed by atoms with van der Waals surface area (Å²) in [7, 11) is 0. The van der Waals surface area contributed by atoms with Crippen LogP contribution in [-0.4, -0.2) is 66.4 Å². The predicted octanol–water partition coefficient (Wildman–Crippen LogP) is 4.92. The van der Waals surface area contributed by atoms with E-state index >= 15 is 0 Å². The van der Waals surface area contributed by atoms with Crippen molar-refractivity contribution < 1.29 is 18.0 Å². The minimum atomic E-state index is -4.59. The van der Waals surface area contributed by atoms with E-state index < -0.39 is 17.6 Å². The van der Waals surface area contributed by atoms with Gasteiger partial charge in [0.2, 0.25) is 0 Å². The summed E-state index contributed by atoms with van der Waals surface area (Å²) in [4.78, 5) is 24.5. The van der Waals surface area contributed by atoms with Crippen LogP contribution in [0.5, 0.6) is 0 Å². The number of amides is 1. The van der Waals surface area contributed by atoms with E-state index in [9.17, 15) is 18.0 Å². The first-order valence-electron chi connectivity index (χ1n) is 13.6.